The first-order valence-corrected chi connectivity index (χ1v) is 5.22. The van der Waals surface area contributed by atoms with E-state index in [0.717, 1.165) is 6.54 Å². The lowest BCUT2D eigenvalue weighted by atomic mass is 10.3. The van der Waals surface area contributed by atoms with Crippen LogP contribution in [0.1, 0.15) is 13.3 Å². The number of halogens is 1. The highest BCUT2D eigenvalue weighted by atomic mass is 35.5. The second-order valence-corrected chi connectivity index (χ2v) is 3.67. The molecule has 1 amide bonds. The van der Waals surface area contributed by atoms with Gasteiger partial charge in [0.25, 0.3) is 0 Å². The van der Waals surface area contributed by atoms with Gasteiger partial charge in [0.2, 0.25) is 5.91 Å². The number of carbonyl (C=O) groups excluding carboxylic acids is 1. The van der Waals surface area contributed by atoms with Gasteiger partial charge in [-0.2, -0.15) is 0 Å². The molecular weight excluding hydrogens is 200 g/mol. The second kappa shape index (κ2) is 5.70. The van der Waals surface area contributed by atoms with Gasteiger partial charge in [-0.05, 0) is 19.1 Å². The van der Waals surface area contributed by atoms with Crippen molar-refractivity contribution in [3.8, 4) is 0 Å². The first kappa shape index (κ1) is 11.1. The van der Waals surface area contributed by atoms with Crippen molar-refractivity contribution in [2.75, 3.05) is 5.88 Å². The van der Waals surface area contributed by atoms with Crippen LogP contribution < -0.4 is 5.32 Å². The van der Waals surface area contributed by atoms with Crippen molar-refractivity contribution in [2.45, 2.75) is 25.9 Å². The summed E-state index contributed by atoms with van der Waals surface area (Å²) < 4.78 is 2.03. The number of rotatable bonds is 5. The van der Waals surface area contributed by atoms with E-state index in [-0.39, 0.29) is 11.9 Å². The lowest BCUT2D eigenvalue weighted by molar-refractivity contribution is -0.121. The molecule has 0 radical (unpaired) electrons. The molecule has 78 valence electrons. The molecular formula is C10H15ClN2O. The molecule has 0 fully saturated rings. The summed E-state index contributed by atoms with van der Waals surface area (Å²) in [5.74, 6) is 0.391. The Labute approximate surface area is 89.1 Å². The van der Waals surface area contributed by atoms with Crippen LogP contribution in [0.5, 0.6) is 0 Å². The normalized spacial score (nSPS) is 12.4. The fourth-order valence-corrected chi connectivity index (χ4v) is 1.46. The number of hydrogen-bond acceptors (Lipinski definition) is 1. The summed E-state index contributed by atoms with van der Waals surface area (Å²) in [7, 11) is 0. The monoisotopic (exact) mass is 214 g/mol. The summed E-state index contributed by atoms with van der Waals surface area (Å²) in [4.78, 5) is 11.2. The van der Waals surface area contributed by atoms with Crippen molar-refractivity contribution in [2.24, 2.45) is 0 Å². The Morgan fingerprint density at radius 3 is 2.71 bits per heavy atom. The van der Waals surface area contributed by atoms with Gasteiger partial charge in [-0.25, -0.2) is 0 Å². The number of nitrogens with zero attached hydrogens (tertiary/aromatic N) is 1. The number of nitrogens with one attached hydrogen (secondary N) is 1. The Morgan fingerprint density at radius 2 is 2.14 bits per heavy atom. The summed E-state index contributed by atoms with van der Waals surface area (Å²) in [5.41, 5.74) is 0. The molecule has 1 aromatic heterocycles. The van der Waals surface area contributed by atoms with E-state index in [1.807, 2.05) is 36.0 Å². The van der Waals surface area contributed by atoms with Crippen LogP contribution in [-0.2, 0) is 11.3 Å². The molecule has 3 nitrogen and oxygen atoms in total. The summed E-state index contributed by atoms with van der Waals surface area (Å²) in [5, 5.41) is 2.87. The van der Waals surface area contributed by atoms with E-state index in [1.165, 1.54) is 0 Å². The van der Waals surface area contributed by atoms with E-state index in [2.05, 4.69) is 5.32 Å². The Balaban J connectivity index is 2.29. The minimum atomic E-state index is 0.0136. The molecule has 1 N–H and O–H groups in total. The van der Waals surface area contributed by atoms with E-state index >= 15 is 0 Å². The lowest BCUT2D eigenvalue weighted by Crippen LogP contribution is -2.35. The van der Waals surface area contributed by atoms with Crippen molar-refractivity contribution >= 4 is 17.5 Å². The van der Waals surface area contributed by atoms with E-state index < -0.39 is 0 Å². The van der Waals surface area contributed by atoms with Gasteiger partial charge in [0.05, 0.1) is 0 Å². The molecule has 0 aliphatic carbocycles. The molecule has 0 aliphatic rings. The van der Waals surface area contributed by atoms with Crippen LogP contribution in [-0.4, -0.2) is 22.4 Å². The van der Waals surface area contributed by atoms with E-state index in [1.54, 1.807) is 0 Å². The molecule has 0 aliphatic heterocycles. The summed E-state index contributed by atoms with van der Waals surface area (Å²) in [6, 6.07) is 4.07. The smallest absolute Gasteiger partial charge is 0.221 e. The molecule has 0 spiro atoms. The fourth-order valence-electron chi connectivity index (χ4n) is 1.29. The molecule has 0 saturated carbocycles. The molecule has 1 unspecified atom stereocenters. The van der Waals surface area contributed by atoms with E-state index in [4.69, 9.17) is 11.6 Å². The second-order valence-electron chi connectivity index (χ2n) is 3.29. The third-order valence-electron chi connectivity index (χ3n) is 1.88. The topological polar surface area (TPSA) is 34.0 Å². The molecule has 0 saturated heterocycles. The van der Waals surface area contributed by atoms with Crippen molar-refractivity contribution in [3.63, 3.8) is 0 Å². The lowest BCUT2D eigenvalue weighted by Gasteiger charge is -2.14. The van der Waals surface area contributed by atoms with Crippen LogP contribution in [0.15, 0.2) is 24.5 Å². The van der Waals surface area contributed by atoms with Gasteiger partial charge in [0, 0.05) is 37.3 Å². The van der Waals surface area contributed by atoms with Crippen LogP contribution in [0.3, 0.4) is 0 Å². The fraction of sp³-hybridized carbons (Fsp3) is 0.500. The van der Waals surface area contributed by atoms with Gasteiger partial charge in [-0.15, -0.1) is 11.6 Å². The van der Waals surface area contributed by atoms with Gasteiger partial charge < -0.3 is 9.88 Å². The molecule has 1 rings (SSSR count). The largest absolute Gasteiger partial charge is 0.352 e. The highest BCUT2D eigenvalue weighted by molar-refractivity contribution is 6.18. The van der Waals surface area contributed by atoms with Gasteiger partial charge in [0.15, 0.2) is 0 Å². The van der Waals surface area contributed by atoms with E-state index in [0.29, 0.717) is 12.3 Å². The number of alkyl halides is 1. The number of carbonyl (C=O) groups is 1. The van der Waals surface area contributed by atoms with Gasteiger partial charge >= 0.3 is 0 Å². The molecule has 0 bridgehead atoms. The summed E-state index contributed by atoms with van der Waals surface area (Å²) >= 11 is 5.46. The maximum Gasteiger partial charge on any atom is 0.221 e. The molecule has 1 atom stereocenters. The average molecular weight is 215 g/mol. The Bertz CT molecular complexity index is 272. The zero-order chi connectivity index (χ0) is 10.4. The SMILES string of the molecule is CC(Cn1cccc1)NC(=O)CCCl. The first-order valence-electron chi connectivity index (χ1n) is 4.68. The molecule has 4 heteroatoms. The maximum atomic E-state index is 11.2. The Hall–Kier alpha value is -0.960. The molecule has 14 heavy (non-hydrogen) atoms. The van der Waals surface area contributed by atoms with Crippen LogP contribution >= 0.6 is 11.6 Å². The van der Waals surface area contributed by atoms with Crippen molar-refractivity contribution in [1.29, 1.82) is 0 Å². The predicted molar refractivity (Wildman–Crippen MR) is 57.4 cm³/mol. The van der Waals surface area contributed by atoms with Gasteiger partial charge in [-0.3, -0.25) is 4.79 Å². The van der Waals surface area contributed by atoms with Gasteiger partial charge in [0.1, 0.15) is 0 Å². The first-order chi connectivity index (χ1) is 6.72. The summed E-state index contributed by atoms with van der Waals surface area (Å²) in [6.45, 7) is 2.77. The van der Waals surface area contributed by atoms with Crippen molar-refractivity contribution < 1.29 is 4.79 Å². The standard InChI is InChI=1S/C10H15ClN2O/c1-9(12-10(14)4-5-11)8-13-6-2-3-7-13/h2-3,6-7,9H,4-5,8H2,1H3,(H,12,14). The highest BCUT2D eigenvalue weighted by Crippen LogP contribution is 1.95. The number of amides is 1. The molecule has 0 aromatic carbocycles. The Kier molecular flexibility index (Phi) is 4.53. The summed E-state index contributed by atoms with van der Waals surface area (Å²) in [6.07, 6.45) is 4.34. The average Bonchev–Trinajstić information content (AvgIpc) is 2.56. The van der Waals surface area contributed by atoms with Crippen LogP contribution in [0.25, 0.3) is 0 Å². The quantitative estimate of drug-likeness (QED) is 0.743. The molecule has 1 aromatic rings. The zero-order valence-corrected chi connectivity index (χ0v) is 9.00. The van der Waals surface area contributed by atoms with E-state index in [9.17, 15) is 4.79 Å². The minimum absolute atomic E-state index is 0.0136. The minimum Gasteiger partial charge on any atom is -0.352 e. The van der Waals surface area contributed by atoms with Crippen molar-refractivity contribution in [3.05, 3.63) is 24.5 Å². The predicted octanol–water partition coefficient (Wildman–Crippen LogP) is 1.62. The maximum absolute atomic E-state index is 11.2. The number of hydrogen-bond donors (Lipinski definition) is 1. The highest BCUT2D eigenvalue weighted by Gasteiger charge is 2.06. The van der Waals surface area contributed by atoms with Crippen LogP contribution in [0.2, 0.25) is 0 Å². The van der Waals surface area contributed by atoms with Crippen LogP contribution in [0.4, 0.5) is 0 Å². The van der Waals surface area contributed by atoms with Crippen LogP contribution in [0, 0.1) is 0 Å². The van der Waals surface area contributed by atoms with Crippen molar-refractivity contribution in [1.82, 2.24) is 9.88 Å². The molecule has 1 heterocycles. The number of aromatic nitrogens is 1. The third kappa shape index (κ3) is 3.83. The third-order valence-corrected chi connectivity index (χ3v) is 2.07. The van der Waals surface area contributed by atoms with Gasteiger partial charge in [-0.1, -0.05) is 0 Å². The zero-order valence-electron chi connectivity index (χ0n) is 8.24. The Morgan fingerprint density at radius 1 is 1.50 bits per heavy atom.